The zero-order chi connectivity index (χ0) is 19.6. The lowest BCUT2D eigenvalue weighted by molar-refractivity contribution is 0.411. The maximum Gasteiger partial charge on any atom is 0.191 e. The SMILES string of the molecule is COc1cc(CCNC(=NCc2cccs2)NCCc2ccco2)ccc1C.I. The lowest BCUT2D eigenvalue weighted by atomic mass is 10.1. The number of halogens is 1. The molecule has 7 heteroatoms. The van der Waals surface area contributed by atoms with Crippen molar-refractivity contribution in [3.05, 3.63) is 75.9 Å². The summed E-state index contributed by atoms with van der Waals surface area (Å²) in [5, 5.41) is 8.91. The summed E-state index contributed by atoms with van der Waals surface area (Å²) in [7, 11) is 1.71. The smallest absolute Gasteiger partial charge is 0.191 e. The number of nitrogens with zero attached hydrogens (tertiary/aromatic N) is 1. The third-order valence-electron chi connectivity index (χ3n) is 4.40. The van der Waals surface area contributed by atoms with Crippen LogP contribution in [0, 0.1) is 6.92 Å². The van der Waals surface area contributed by atoms with Crippen LogP contribution in [0.25, 0.3) is 0 Å². The lowest BCUT2D eigenvalue weighted by Gasteiger charge is -2.13. The molecular formula is C22H28IN3O2S. The van der Waals surface area contributed by atoms with E-state index >= 15 is 0 Å². The molecule has 0 aliphatic heterocycles. The summed E-state index contributed by atoms with van der Waals surface area (Å²) in [5.41, 5.74) is 2.39. The Hall–Kier alpha value is -2.00. The molecule has 29 heavy (non-hydrogen) atoms. The van der Waals surface area contributed by atoms with E-state index in [0.29, 0.717) is 6.54 Å². The summed E-state index contributed by atoms with van der Waals surface area (Å²) in [6.07, 6.45) is 3.42. The minimum absolute atomic E-state index is 0. The van der Waals surface area contributed by atoms with E-state index in [4.69, 9.17) is 14.1 Å². The molecule has 156 valence electrons. The second kappa shape index (κ2) is 12.5. The molecule has 0 bridgehead atoms. The molecule has 0 saturated carbocycles. The molecule has 1 aromatic carbocycles. The number of aliphatic imine (C=N–C) groups is 1. The van der Waals surface area contributed by atoms with E-state index in [-0.39, 0.29) is 24.0 Å². The van der Waals surface area contributed by atoms with E-state index in [1.165, 1.54) is 10.4 Å². The van der Waals surface area contributed by atoms with Crippen molar-refractivity contribution in [3.8, 4) is 5.75 Å². The van der Waals surface area contributed by atoms with Gasteiger partial charge in [0.1, 0.15) is 11.5 Å². The highest BCUT2D eigenvalue weighted by Crippen LogP contribution is 2.19. The van der Waals surface area contributed by atoms with Gasteiger partial charge in [0.25, 0.3) is 0 Å². The number of ether oxygens (including phenoxy) is 1. The van der Waals surface area contributed by atoms with Crippen molar-refractivity contribution in [2.75, 3.05) is 20.2 Å². The van der Waals surface area contributed by atoms with Crippen LogP contribution in [0.5, 0.6) is 5.75 Å². The molecule has 2 aromatic heterocycles. The number of furan rings is 1. The molecule has 3 aromatic rings. The van der Waals surface area contributed by atoms with Gasteiger partial charge in [-0.3, -0.25) is 0 Å². The van der Waals surface area contributed by atoms with Gasteiger partial charge in [0.2, 0.25) is 0 Å². The molecule has 0 saturated heterocycles. The zero-order valence-corrected chi connectivity index (χ0v) is 20.0. The Labute approximate surface area is 193 Å². The Morgan fingerprint density at radius 2 is 1.93 bits per heavy atom. The van der Waals surface area contributed by atoms with E-state index in [1.54, 1.807) is 24.7 Å². The third kappa shape index (κ3) is 7.74. The van der Waals surface area contributed by atoms with E-state index < -0.39 is 0 Å². The first kappa shape index (κ1) is 23.3. The highest BCUT2D eigenvalue weighted by Gasteiger charge is 2.04. The first-order valence-electron chi connectivity index (χ1n) is 9.45. The fourth-order valence-electron chi connectivity index (χ4n) is 2.84. The van der Waals surface area contributed by atoms with Crippen molar-refractivity contribution < 1.29 is 9.15 Å². The maximum absolute atomic E-state index is 5.42. The number of hydrogen-bond acceptors (Lipinski definition) is 4. The van der Waals surface area contributed by atoms with Crippen molar-refractivity contribution in [2.45, 2.75) is 26.3 Å². The van der Waals surface area contributed by atoms with E-state index in [2.05, 4.69) is 53.3 Å². The standard InChI is InChI=1S/C22H27N3O2S.HI/c1-17-7-8-18(15-21(17)26-2)9-11-23-22(25-16-20-6-4-14-28-20)24-12-10-19-5-3-13-27-19;/h3-8,13-15H,9-12,16H2,1-2H3,(H2,23,24,25);1H. The second-order valence-corrected chi connectivity index (χ2v) is 7.51. The predicted octanol–water partition coefficient (Wildman–Crippen LogP) is 4.80. The van der Waals surface area contributed by atoms with Gasteiger partial charge < -0.3 is 19.8 Å². The summed E-state index contributed by atoms with van der Waals surface area (Å²) in [4.78, 5) is 5.96. The number of guanidine groups is 1. The van der Waals surface area contributed by atoms with Crippen molar-refractivity contribution in [1.29, 1.82) is 0 Å². The van der Waals surface area contributed by atoms with Gasteiger partial charge in [-0.15, -0.1) is 35.3 Å². The Kier molecular flexibility index (Phi) is 10.1. The first-order valence-corrected chi connectivity index (χ1v) is 10.3. The molecule has 0 unspecified atom stereocenters. The van der Waals surface area contributed by atoms with Gasteiger partial charge in [-0.1, -0.05) is 18.2 Å². The van der Waals surface area contributed by atoms with Gasteiger partial charge in [0, 0.05) is 24.4 Å². The second-order valence-electron chi connectivity index (χ2n) is 6.48. The highest BCUT2D eigenvalue weighted by atomic mass is 127. The summed E-state index contributed by atoms with van der Waals surface area (Å²) >= 11 is 1.72. The average Bonchev–Trinajstić information content (AvgIpc) is 3.41. The predicted molar refractivity (Wildman–Crippen MR) is 131 cm³/mol. The lowest BCUT2D eigenvalue weighted by Crippen LogP contribution is -2.39. The molecule has 0 atom stereocenters. The fraction of sp³-hybridized carbons (Fsp3) is 0.318. The Balaban J connectivity index is 0.00000300. The van der Waals surface area contributed by atoms with Crippen LogP contribution in [-0.2, 0) is 19.4 Å². The van der Waals surface area contributed by atoms with Crippen LogP contribution in [0.4, 0.5) is 0 Å². The normalized spacial score (nSPS) is 11.0. The number of methoxy groups -OCH3 is 1. The molecule has 0 aliphatic rings. The van der Waals surface area contributed by atoms with Gasteiger partial charge >= 0.3 is 0 Å². The Morgan fingerprint density at radius 1 is 1.10 bits per heavy atom. The topological polar surface area (TPSA) is 58.8 Å². The summed E-state index contributed by atoms with van der Waals surface area (Å²) in [5.74, 6) is 2.72. The van der Waals surface area contributed by atoms with E-state index in [1.807, 2.05) is 12.1 Å². The minimum atomic E-state index is 0. The van der Waals surface area contributed by atoms with Crippen molar-refractivity contribution in [1.82, 2.24) is 10.6 Å². The molecule has 2 heterocycles. The van der Waals surface area contributed by atoms with Crippen molar-refractivity contribution >= 4 is 41.3 Å². The number of thiophene rings is 1. The minimum Gasteiger partial charge on any atom is -0.496 e. The maximum atomic E-state index is 5.42. The van der Waals surface area contributed by atoms with Gasteiger partial charge in [-0.25, -0.2) is 4.99 Å². The van der Waals surface area contributed by atoms with Gasteiger partial charge in [0.15, 0.2) is 5.96 Å². The number of aryl methyl sites for hydroxylation is 1. The zero-order valence-electron chi connectivity index (χ0n) is 16.8. The third-order valence-corrected chi connectivity index (χ3v) is 5.26. The molecule has 0 aliphatic carbocycles. The number of hydrogen-bond donors (Lipinski definition) is 2. The summed E-state index contributed by atoms with van der Waals surface area (Å²) < 4.78 is 10.8. The quantitative estimate of drug-likeness (QED) is 0.240. The van der Waals surface area contributed by atoms with Crippen LogP contribution in [0.3, 0.4) is 0 Å². The van der Waals surface area contributed by atoms with Gasteiger partial charge in [-0.2, -0.15) is 0 Å². The molecule has 0 amide bonds. The fourth-order valence-corrected chi connectivity index (χ4v) is 3.47. The first-order chi connectivity index (χ1) is 13.7. The van der Waals surface area contributed by atoms with Crippen LogP contribution in [0.2, 0.25) is 0 Å². The van der Waals surface area contributed by atoms with Crippen molar-refractivity contribution in [2.24, 2.45) is 4.99 Å². The van der Waals surface area contributed by atoms with Crippen LogP contribution >= 0.6 is 35.3 Å². The summed E-state index contributed by atoms with van der Waals surface area (Å²) in [6.45, 7) is 4.29. The molecule has 0 radical (unpaired) electrons. The number of rotatable bonds is 9. The molecule has 5 nitrogen and oxygen atoms in total. The highest BCUT2D eigenvalue weighted by molar-refractivity contribution is 14.0. The van der Waals surface area contributed by atoms with Crippen LogP contribution in [-0.4, -0.2) is 26.2 Å². The monoisotopic (exact) mass is 525 g/mol. The van der Waals surface area contributed by atoms with E-state index in [9.17, 15) is 0 Å². The Bertz CT molecular complexity index is 864. The number of nitrogens with one attached hydrogen (secondary N) is 2. The van der Waals surface area contributed by atoms with Crippen molar-refractivity contribution in [3.63, 3.8) is 0 Å². The molecule has 0 spiro atoms. The largest absolute Gasteiger partial charge is 0.496 e. The van der Waals surface area contributed by atoms with Gasteiger partial charge in [-0.05, 0) is 54.1 Å². The van der Waals surface area contributed by atoms with Crippen LogP contribution < -0.4 is 15.4 Å². The molecule has 0 fully saturated rings. The molecule has 3 rings (SSSR count). The van der Waals surface area contributed by atoms with E-state index in [0.717, 1.165) is 49.0 Å². The van der Waals surface area contributed by atoms with Gasteiger partial charge in [0.05, 0.1) is 19.9 Å². The van der Waals surface area contributed by atoms with Crippen LogP contribution in [0.15, 0.2) is 63.5 Å². The summed E-state index contributed by atoms with van der Waals surface area (Å²) in [6, 6.07) is 14.4. The number of benzene rings is 1. The Morgan fingerprint density at radius 3 is 2.62 bits per heavy atom. The van der Waals surface area contributed by atoms with Crippen LogP contribution in [0.1, 0.15) is 21.8 Å². The molecule has 2 N–H and O–H groups in total. The molecular weight excluding hydrogens is 497 g/mol. The average molecular weight is 525 g/mol.